The summed E-state index contributed by atoms with van der Waals surface area (Å²) >= 11 is 0.481. The van der Waals surface area contributed by atoms with Crippen molar-refractivity contribution in [3.05, 3.63) is 57.5 Å². The normalized spacial score (nSPS) is 11.0. The molecule has 2 heterocycles. The number of nitrogens with zero attached hydrogens (tertiary/aromatic N) is 2. The van der Waals surface area contributed by atoms with E-state index in [1.54, 1.807) is 25.1 Å². The van der Waals surface area contributed by atoms with Crippen LogP contribution in [0.1, 0.15) is 5.69 Å². The molecule has 2 aromatic heterocycles. The molecular formula is C14H7F4N3OS. The zero-order chi connectivity index (χ0) is 16.7. The lowest BCUT2D eigenvalue weighted by Crippen LogP contribution is -2.12. The van der Waals surface area contributed by atoms with E-state index in [2.05, 4.69) is 15.3 Å². The van der Waals surface area contributed by atoms with Gasteiger partial charge in [0.1, 0.15) is 11.2 Å². The number of benzene rings is 1. The molecule has 118 valence electrons. The molecule has 0 saturated carbocycles. The minimum atomic E-state index is -2.04. The van der Waals surface area contributed by atoms with E-state index in [9.17, 15) is 22.4 Å². The second-order valence-electron chi connectivity index (χ2n) is 4.57. The minimum Gasteiger partial charge on any atom is -0.316 e. The maximum Gasteiger partial charge on any atom is 0.284 e. The molecule has 0 saturated heterocycles. The SMILES string of the molecule is Cc1cccc(Nc2nc(=O)c3c(F)c(F)c(F)c(F)c3s2)n1. The lowest BCUT2D eigenvalue weighted by atomic mass is 10.2. The predicted octanol–water partition coefficient (Wildman–Crippen LogP) is 3.66. The van der Waals surface area contributed by atoms with Crippen molar-refractivity contribution in [2.24, 2.45) is 0 Å². The average molecular weight is 341 g/mol. The van der Waals surface area contributed by atoms with Gasteiger partial charge in [-0.3, -0.25) is 4.79 Å². The first kappa shape index (κ1) is 15.3. The fourth-order valence-electron chi connectivity index (χ4n) is 1.94. The molecule has 0 radical (unpaired) electrons. The minimum absolute atomic E-state index is 0.120. The summed E-state index contributed by atoms with van der Waals surface area (Å²) in [5.41, 5.74) is -0.530. The van der Waals surface area contributed by atoms with Crippen LogP contribution in [0, 0.1) is 30.2 Å². The monoisotopic (exact) mass is 341 g/mol. The molecule has 0 aliphatic heterocycles. The highest BCUT2D eigenvalue weighted by Crippen LogP contribution is 2.30. The van der Waals surface area contributed by atoms with Crippen LogP contribution in [0.2, 0.25) is 0 Å². The summed E-state index contributed by atoms with van der Waals surface area (Å²) in [5, 5.41) is 1.61. The molecule has 0 aliphatic carbocycles. The molecule has 1 aromatic carbocycles. The quantitative estimate of drug-likeness (QED) is 0.439. The van der Waals surface area contributed by atoms with Gasteiger partial charge in [0.15, 0.2) is 28.4 Å². The van der Waals surface area contributed by atoms with Crippen LogP contribution in [0.25, 0.3) is 10.1 Å². The Morgan fingerprint density at radius 3 is 2.39 bits per heavy atom. The molecule has 3 aromatic rings. The van der Waals surface area contributed by atoms with Crippen LogP contribution < -0.4 is 10.9 Å². The third-order valence-electron chi connectivity index (χ3n) is 2.96. The molecule has 0 fully saturated rings. The number of halogens is 4. The zero-order valence-corrected chi connectivity index (χ0v) is 12.3. The third-order valence-corrected chi connectivity index (χ3v) is 3.94. The lowest BCUT2D eigenvalue weighted by molar-refractivity contribution is 0.418. The molecule has 3 rings (SSSR count). The van der Waals surface area contributed by atoms with Crippen molar-refractivity contribution in [3.8, 4) is 0 Å². The van der Waals surface area contributed by atoms with Crippen molar-refractivity contribution in [1.29, 1.82) is 0 Å². The number of aryl methyl sites for hydroxylation is 1. The number of hydrogen-bond acceptors (Lipinski definition) is 5. The number of hydrogen-bond donors (Lipinski definition) is 1. The van der Waals surface area contributed by atoms with Crippen molar-refractivity contribution in [2.75, 3.05) is 5.32 Å². The first-order chi connectivity index (χ1) is 10.9. The Labute approximate surface area is 130 Å². The van der Waals surface area contributed by atoms with E-state index in [1.165, 1.54) is 0 Å². The molecule has 0 aliphatic rings. The van der Waals surface area contributed by atoms with Gasteiger partial charge in [0.2, 0.25) is 0 Å². The van der Waals surface area contributed by atoms with E-state index in [4.69, 9.17) is 0 Å². The van der Waals surface area contributed by atoms with Crippen LogP contribution in [0.15, 0.2) is 23.0 Å². The van der Waals surface area contributed by atoms with Gasteiger partial charge in [-0.05, 0) is 19.1 Å². The van der Waals surface area contributed by atoms with Gasteiger partial charge < -0.3 is 5.32 Å². The van der Waals surface area contributed by atoms with E-state index < -0.39 is 38.9 Å². The van der Waals surface area contributed by atoms with Gasteiger partial charge >= 0.3 is 0 Å². The third kappa shape index (κ3) is 2.63. The Morgan fingerprint density at radius 1 is 1.00 bits per heavy atom. The summed E-state index contributed by atoms with van der Waals surface area (Å²) in [5.74, 6) is -7.09. The molecule has 4 nitrogen and oxygen atoms in total. The molecule has 0 spiro atoms. The maximum absolute atomic E-state index is 13.8. The molecule has 0 amide bonds. The van der Waals surface area contributed by atoms with Gasteiger partial charge in [-0.2, -0.15) is 4.98 Å². The van der Waals surface area contributed by atoms with Crippen LogP contribution in [-0.2, 0) is 0 Å². The smallest absolute Gasteiger partial charge is 0.284 e. The van der Waals surface area contributed by atoms with Gasteiger partial charge in [-0.15, -0.1) is 0 Å². The zero-order valence-electron chi connectivity index (χ0n) is 11.5. The predicted molar refractivity (Wildman–Crippen MR) is 78.0 cm³/mol. The Balaban J connectivity index is 2.20. The molecular weight excluding hydrogens is 334 g/mol. The van der Waals surface area contributed by atoms with Gasteiger partial charge in [0.05, 0.1) is 4.70 Å². The number of pyridine rings is 1. The summed E-state index contributed by atoms with van der Waals surface area (Å²) < 4.78 is 53.4. The van der Waals surface area contributed by atoms with Crippen molar-refractivity contribution in [2.45, 2.75) is 6.92 Å². The van der Waals surface area contributed by atoms with Gasteiger partial charge in [0, 0.05) is 5.69 Å². The highest BCUT2D eigenvalue weighted by Gasteiger charge is 2.24. The summed E-state index contributed by atoms with van der Waals surface area (Å²) in [7, 11) is 0. The van der Waals surface area contributed by atoms with Crippen molar-refractivity contribution in [3.63, 3.8) is 0 Å². The molecule has 9 heteroatoms. The highest BCUT2D eigenvalue weighted by molar-refractivity contribution is 7.21. The van der Waals surface area contributed by atoms with Crippen molar-refractivity contribution in [1.82, 2.24) is 9.97 Å². The fourth-order valence-corrected chi connectivity index (χ4v) is 2.88. The second-order valence-corrected chi connectivity index (χ2v) is 5.57. The van der Waals surface area contributed by atoms with Crippen molar-refractivity contribution >= 4 is 32.4 Å². The first-order valence-corrected chi connectivity index (χ1v) is 7.07. The van der Waals surface area contributed by atoms with Gasteiger partial charge in [0.25, 0.3) is 5.56 Å². The largest absolute Gasteiger partial charge is 0.316 e. The van der Waals surface area contributed by atoms with E-state index in [1.807, 2.05) is 0 Å². The Morgan fingerprint density at radius 2 is 1.70 bits per heavy atom. The number of rotatable bonds is 2. The number of anilines is 2. The average Bonchev–Trinajstić information content (AvgIpc) is 2.50. The summed E-state index contributed by atoms with van der Waals surface area (Å²) in [6.45, 7) is 1.73. The molecule has 23 heavy (non-hydrogen) atoms. The first-order valence-electron chi connectivity index (χ1n) is 6.26. The second kappa shape index (κ2) is 5.58. The number of nitrogens with one attached hydrogen (secondary N) is 1. The summed E-state index contributed by atoms with van der Waals surface area (Å²) in [4.78, 5) is 19.4. The summed E-state index contributed by atoms with van der Waals surface area (Å²) in [6.07, 6.45) is 0. The van der Waals surface area contributed by atoms with Crippen LogP contribution in [0.4, 0.5) is 28.5 Å². The Kier molecular flexibility index (Phi) is 3.72. The number of fused-ring (bicyclic) bond motifs is 1. The number of aromatic nitrogens is 2. The highest BCUT2D eigenvalue weighted by atomic mass is 32.1. The Hall–Kier alpha value is -2.55. The van der Waals surface area contributed by atoms with Crippen LogP contribution in [0.3, 0.4) is 0 Å². The van der Waals surface area contributed by atoms with Crippen LogP contribution in [0.5, 0.6) is 0 Å². The van der Waals surface area contributed by atoms with Gasteiger partial charge in [-0.1, -0.05) is 17.4 Å². The van der Waals surface area contributed by atoms with E-state index in [0.29, 0.717) is 22.8 Å². The standard InChI is InChI=1S/C14H7F4N3OS/c1-5-3-2-4-6(19-5)20-14-21-13(22)7-8(15)9(16)10(17)11(18)12(7)23-14/h2-4H,1H3,(H,19,20,21,22). The van der Waals surface area contributed by atoms with Crippen LogP contribution >= 0.6 is 11.3 Å². The van der Waals surface area contributed by atoms with Crippen LogP contribution in [-0.4, -0.2) is 9.97 Å². The molecule has 0 atom stereocenters. The molecule has 1 N–H and O–H groups in total. The molecule has 0 unspecified atom stereocenters. The van der Waals surface area contributed by atoms with E-state index in [-0.39, 0.29) is 5.13 Å². The Bertz CT molecular complexity index is 990. The maximum atomic E-state index is 13.8. The summed E-state index contributed by atoms with van der Waals surface area (Å²) in [6, 6.07) is 4.98. The van der Waals surface area contributed by atoms with Crippen molar-refractivity contribution < 1.29 is 17.6 Å². The topological polar surface area (TPSA) is 54.9 Å². The lowest BCUT2D eigenvalue weighted by Gasteiger charge is -2.07. The van der Waals surface area contributed by atoms with E-state index >= 15 is 0 Å². The fraction of sp³-hybridized carbons (Fsp3) is 0.0714. The van der Waals surface area contributed by atoms with E-state index in [0.717, 1.165) is 0 Å². The molecule has 0 bridgehead atoms. The van der Waals surface area contributed by atoms with Gasteiger partial charge in [-0.25, -0.2) is 22.5 Å².